The lowest BCUT2D eigenvalue weighted by atomic mass is 10.1. The molecular weight excluding hydrogens is 492 g/mol. The van der Waals surface area contributed by atoms with E-state index < -0.39 is 5.97 Å². The number of anilines is 1. The third-order valence-corrected chi connectivity index (χ3v) is 6.87. The average molecular weight is 525 g/mol. The summed E-state index contributed by atoms with van der Waals surface area (Å²) in [7, 11) is 1.61. The maximum Gasteiger partial charge on any atom is 0.358 e. The van der Waals surface area contributed by atoms with Gasteiger partial charge in [0.05, 0.1) is 19.4 Å². The summed E-state index contributed by atoms with van der Waals surface area (Å²) in [5.41, 5.74) is 5.52. The highest BCUT2D eigenvalue weighted by Crippen LogP contribution is 2.31. The maximum absolute atomic E-state index is 12.9. The van der Waals surface area contributed by atoms with Crippen molar-refractivity contribution in [2.45, 2.75) is 13.8 Å². The smallest absolute Gasteiger partial charge is 0.358 e. The van der Waals surface area contributed by atoms with Crippen molar-refractivity contribution in [3.63, 3.8) is 0 Å². The molecule has 1 aromatic heterocycles. The lowest BCUT2D eigenvalue weighted by molar-refractivity contribution is 0.0518. The zero-order valence-electron chi connectivity index (χ0n) is 22.5. The molecule has 0 N–H and O–H groups in total. The lowest BCUT2D eigenvalue weighted by Crippen LogP contribution is -2.48. The van der Waals surface area contributed by atoms with Crippen LogP contribution in [-0.4, -0.2) is 66.5 Å². The number of esters is 1. The first-order valence-corrected chi connectivity index (χ1v) is 13.1. The Morgan fingerprint density at radius 3 is 2.33 bits per heavy atom. The van der Waals surface area contributed by atoms with Gasteiger partial charge < -0.3 is 19.3 Å². The molecule has 1 aliphatic heterocycles. The number of piperazine rings is 1. The molecule has 2 heterocycles. The van der Waals surface area contributed by atoms with Crippen molar-refractivity contribution in [2.75, 3.05) is 44.8 Å². The van der Waals surface area contributed by atoms with Gasteiger partial charge in [-0.1, -0.05) is 42.0 Å². The fourth-order valence-corrected chi connectivity index (χ4v) is 4.85. The molecule has 1 amide bonds. The van der Waals surface area contributed by atoms with Crippen LogP contribution in [0.15, 0.2) is 78.9 Å². The number of benzene rings is 3. The van der Waals surface area contributed by atoms with E-state index in [1.54, 1.807) is 24.8 Å². The van der Waals surface area contributed by atoms with Crippen LogP contribution in [-0.2, 0) is 4.74 Å². The number of rotatable bonds is 7. The molecule has 200 valence electrons. The van der Waals surface area contributed by atoms with Crippen LogP contribution in [0.3, 0.4) is 0 Å². The van der Waals surface area contributed by atoms with Crippen molar-refractivity contribution < 1.29 is 19.1 Å². The summed E-state index contributed by atoms with van der Waals surface area (Å²) in [6.45, 7) is 6.88. The second kappa shape index (κ2) is 11.4. The van der Waals surface area contributed by atoms with Gasteiger partial charge in [-0.15, -0.1) is 0 Å². The molecular formula is C31H32N4O4. The van der Waals surface area contributed by atoms with E-state index in [1.165, 1.54) is 0 Å². The second-order valence-corrected chi connectivity index (χ2v) is 9.41. The van der Waals surface area contributed by atoms with Crippen molar-refractivity contribution in [1.29, 1.82) is 0 Å². The minimum Gasteiger partial charge on any atom is -0.494 e. The number of hydrogen-bond acceptors (Lipinski definition) is 6. The fraction of sp³-hybridized carbons (Fsp3) is 0.258. The SMILES string of the molecule is CCOC(=O)c1cc(-c2ccc(N3CCN(C(=O)c4cccc(C)c4)CC3)cc2)n(-c2ccccc2OC)n1. The van der Waals surface area contributed by atoms with Crippen molar-refractivity contribution in [2.24, 2.45) is 0 Å². The van der Waals surface area contributed by atoms with Gasteiger partial charge in [0.2, 0.25) is 0 Å². The molecule has 5 rings (SSSR count). The Balaban J connectivity index is 1.36. The molecule has 8 heteroatoms. The third kappa shape index (κ3) is 5.50. The third-order valence-electron chi connectivity index (χ3n) is 6.87. The van der Waals surface area contributed by atoms with Crippen molar-refractivity contribution in [3.05, 3.63) is 95.7 Å². The summed E-state index contributed by atoms with van der Waals surface area (Å²) in [5, 5.41) is 4.57. The van der Waals surface area contributed by atoms with E-state index in [1.807, 2.05) is 72.5 Å². The molecule has 39 heavy (non-hydrogen) atoms. The average Bonchev–Trinajstić information content (AvgIpc) is 3.43. The summed E-state index contributed by atoms with van der Waals surface area (Å²) in [5.74, 6) is 0.254. The molecule has 1 saturated heterocycles. The van der Waals surface area contributed by atoms with Gasteiger partial charge in [0.1, 0.15) is 11.4 Å². The van der Waals surface area contributed by atoms with Gasteiger partial charge in [-0.25, -0.2) is 9.48 Å². The molecule has 0 aliphatic carbocycles. The number of amides is 1. The number of aryl methyl sites for hydroxylation is 1. The zero-order chi connectivity index (χ0) is 27.4. The van der Waals surface area contributed by atoms with Crippen LogP contribution in [0.5, 0.6) is 5.75 Å². The number of carbonyl (C=O) groups is 2. The van der Waals surface area contributed by atoms with Crippen LogP contribution in [0.25, 0.3) is 16.9 Å². The summed E-state index contributed by atoms with van der Waals surface area (Å²) in [6.07, 6.45) is 0. The molecule has 0 spiro atoms. The highest BCUT2D eigenvalue weighted by atomic mass is 16.5. The van der Waals surface area contributed by atoms with E-state index >= 15 is 0 Å². The van der Waals surface area contributed by atoms with Crippen molar-refractivity contribution in [1.82, 2.24) is 14.7 Å². The Hall–Kier alpha value is -4.59. The molecule has 3 aromatic carbocycles. The monoisotopic (exact) mass is 524 g/mol. The van der Waals surface area contributed by atoms with E-state index in [2.05, 4.69) is 22.1 Å². The number of methoxy groups -OCH3 is 1. The van der Waals surface area contributed by atoms with E-state index in [0.29, 0.717) is 18.8 Å². The highest BCUT2D eigenvalue weighted by molar-refractivity contribution is 5.94. The van der Waals surface area contributed by atoms with Crippen molar-refractivity contribution in [3.8, 4) is 22.7 Å². The van der Waals surface area contributed by atoms with E-state index in [0.717, 1.165) is 46.8 Å². The van der Waals surface area contributed by atoms with Crippen LogP contribution in [0.1, 0.15) is 33.3 Å². The number of carbonyl (C=O) groups excluding carboxylic acids is 2. The summed E-state index contributed by atoms with van der Waals surface area (Å²) < 4.78 is 12.5. The van der Waals surface area contributed by atoms with Gasteiger partial charge in [-0.3, -0.25) is 4.79 Å². The summed E-state index contributed by atoms with van der Waals surface area (Å²) in [4.78, 5) is 29.6. The van der Waals surface area contributed by atoms with E-state index in [-0.39, 0.29) is 18.2 Å². The second-order valence-electron chi connectivity index (χ2n) is 9.41. The molecule has 0 saturated carbocycles. The number of aromatic nitrogens is 2. The molecule has 0 bridgehead atoms. The zero-order valence-corrected chi connectivity index (χ0v) is 22.5. The van der Waals surface area contributed by atoms with Gasteiger partial charge in [0.25, 0.3) is 5.91 Å². The maximum atomic E-state index is 12.9. The van der Waals surface area contributed by atoms with Crippen LogP contribution in [0, 0.1) is 6.92 Å². The predicted molar refractivity (Wildman–Crippen MR) is 151 cm³/mol. The van der Waals surface area contributed by atoms with Gasteiger partial charge in [0.15, 0.2) is 5.69 Å². The van der Waals surface area contributed by atoms with Gasteiger partial charge in [-0.05, 0) is 56.3 Å². The molecule has 8 nitrogen and oxygen atoms in total. The summed E-state index contributed by atoms with van der Waals surface area (Å²) >= 11 is 0. The Kier molecular flexibility index (Phi) is 7.63. The minimum absolute atomic E-state index is 0.0794. The molecule has 0 radical (unpaired) electrons. The van der Waals surface area contributed by atoms with Crippen molar-refractivity contribution >= 4 is 17.6 Å². The summed E-state index contributed by atoms with van der Waals surface area (Å²) in [6, 6.07) is 25.2. The van der Waals surface area contributed by atoms with Crippen LogP contribution in [0.4, 0.5) is 5.69 Å². The number of para-hydroxylation sites is 2. The first-order chi connectivity index (χ1) is 19.0. The minimum atomic E-state index is -0.470. The number of nitrogens with zero attached hydrogens (tertiary/aromatic N) is 4. The number of hydrogen-bond donors (Lipinski definition) is 0. The van der Waals surface area contributed by atoms with Crippen LogP contribution in [0.2, 0.25) is 0 Å². The van der Waals surface area contributed by atoms with E-state index in [4.69, 9.17) is 9.47 Å². The van der Waals surface area contributed by atoms with Gasteiger partial charge in [0, 0.05) is 43.0 Å². The number of ether oxygens (including phenoxy) is 2. The molecule has 4 aromatic rings. The fourth-order valence-electron chi connectivity index (χ4n) is 4.85. The Bertz CT molecular complexity index is 1470. The largest absolute Gasteiger partial charge is 0.494 e. The molecule has 1 fully saturated rings. The van der Waals surface area contributed by atoms with Crippen LogP contribution >= 0.6 is 0 Å². The normalized spacial score (nSPS) is 13.3. The predicted octanol–water partition coefficient (Wildman–Crippen LogP) is 5.00. The topological polar surface area (TPSA) is 76.9 Å². The van der Waals surface area contributed by atoms with E-state index in [9.17, 15) is 9.59 Å². The Labute approximate surface area is 228 Å². The van der Waals surface area contributed by atoms with Crippen LogP contribution < -0.4 is 9.64 Å². The quantitative estimate of drug-likeness (QED) is 0.317. The van der Waals surface area contributed by atoms with Gasteiger partial charge >= 0.3 is 5.97 Å². The lowest BCUT2D eigenvalue weighted by Gasteiger charge is -2.36. The highest BCUT2D eigenvalue weighted by Gasteiger charge is 2.23. The molecule has 0 unspecified atom stereocenters. The first kappa shape index (κ1) is 26.0. The first-order valence-electron chi connectivity index (χ1n) is 13.1. The Morgan fingerprint density at radius 1 is 0.897 bits per heavy atom. The van der Waals surface area contributed by atoms with Gasteiger partial charge in [-0.2, -0.15) is 5.10 Å². The standard InChI is InChI=1S/C31H32N4O4/c1-4-39-31(37)26-21-28(35(32-26)27-10-5-6-11-29(27)38-3)23-12-14-25(15-13-23)33-16-18-34(19-17-33)30(36)24-9-7-8-22(2)20-24/h5-15,20-21H,4,16-19H2,1-3H3. The Morgan fingerprint density at radius 2 is 1.64 bits per heavy atom. The molecule has 0 atom stereocenters. The molecule has 1 aliphatic rings.